The molecule has 9 nitrogen and oxygen atoms in total. The summed E-state index contributed by atoms with van der Waals surface area (Å²) < 4.78 is 16.5. The fourth-order valence-corrected chi connectivity index (χ4v) is 5.39. The molecule has 3 atom stereocenters. The van der Waals surface area contributed by atoms with Crippen LogP contribution < -0.4 is 14.8 Å². The van der Waals surface area contributed by atoms with Crippen LogP contribution >= 0.6 is 11.6 Å². The minimum atomic E-state index is -0.913. The highest BCUT2D eigenvalue weighted by molar-refractivity contribution is 6.31. The maximum Gasteiger partial charge on any atom is 0.337 e. The van der Waals surface area contributed by atoms with Crippen molar-refractivity contribution >= 4 is 29.0 Å². The lowest BCUT2D eigenvalue weighted by Crippen LogP contribution is -2.36. The normalized spacial score (nSPS) is 19.7. The number of benzene rings is 2. The number of nitrogens with zero attached hydrogens (tertiary/aromatic N) is 1. The molecule has 0 amide bonds. The average Bonchev–Trinajstić information content (AvgIpc) is 2.91. The molecule has 2 aromatic carbocycles. The van der Waals surface area contributed by atoms with Gasteiger partial charge in [0.25, 0.3) is 5.69 Å². The van der Waals surface area contributed by atoms with E-state index in [9.17, 15) is 19.7 Å². The van der Waals surface area contributed by atoms with Gasteiger partial charge in [-0.15, -0.1) is 0 Å². The van der Waals surface area contributed by atoms with Crippen LogP contribution in [0.3, 0.4) is 0 Å². The van der Waals surface area contributed by atoms with Crippen LogP contribution in [0.2, 0.25) is 5.02 Å². The summed E-state index contributed by atoms with van der Waals surface area (Å²) in [5.74, 6) is -0.704. The van der Waals surface area contributed by atoms with Gasteiger partial charge in [-0.3, -0.25) is 14.9 Å². The van der Waals surface area contributed by atoms with Crippen molar-refractivity contribution in [2.24, 2.45) is 0 Å². The van der Waals surface area contributed by atoms with Crippen molar-refractivity contribution in [1.29, 1.82) is 0 Å². The molecular formula is C29H31ClN2O7. The first-order chi connectivity index (χ1) is 18.6. The molecule has 0 bridgehead atoms. The van der Waals surface area contributed by atoms with Gasteiger partial charge in [-0.2, -0.15) is 0 Å². The number of nitro groups is 1. The third-order valence-corrected chi connectivity index (χ3v) is 7.66. The quantitative estimate of drug-likeness (QED) is 0.241. The Morgan fingerprint density at radius 1 is 1.15 bits per heavy atom. The van der Waals surface area contributed by atoms with Crippen molar-refractivity contribution in [2.75, 3.05) is 14.2 Å². The summed E-state index contributed by atoms with van der Waals surface area (Å²) in [6.07, 6.45) is 0.898. The van der Waals surface area contributed by atoms with E-state index < -0.39 is 16.8 Å². The predicted molar refractivity (Wildman–Crippen MR) is 146 cm³/mol. The second-order valence-electron chi connectivity index (χ2n) is 9.72. The number of non-ortho nitro benzene ring substituents is 1. The molecule has 10 heteroatoms. The minimum Gasteiger partial charge on any atom is -0.493 e. The number of ether oxygens (including phenoxy) is 3. The molecule has 1 heterocycles. The van der Waals surface area contributed by atoms with Crippen molar-refractivity contribution in [3.63, 3.8) is 0 Å². The summed E-state index contributed by atoms with van der Waals surface area (Å²) in [5.41, 5.74) is 2.78. The van der Waals surface area contributed by atoms with Gasteiger partial charge >= 0.3 is 5.97 Å². The number of nitro benzene ring substituents is 1. The molecule has 4 rings (SSSR count). The Morgan fingerprint density at radius 2 is 1.87 bits per heavy atom. The van der Waals surface area contributed by atoms with Gasteiger partial charge in [-0.25, -0.2) is 4.79 Å². The van der Waals surface area contributed by atoms with Crippen LogP contribution in [0.15, 0.2) is 58.9 Å². The second-order valence-corrected chi connectivity index (χ2v) is 10.1. The number of carbonyl (C=O) groups is 2. The van der Waals surface area contributed by atoms with E-state index in [-0.39, 0.29) is 40.5 Å². The maximum atomic E-state index is 13.9. The van der Waals surface area contributed by atoms with Crippen LogP contribution in [-0.4, -0.2) is 37.0 Å². The summed E-state index contributed by atoms with van der Waals surface area (Å²) in [6, 6.07) is 9.62. The highest BCUT2D eigenvalue weighted by Crippen LogP contribution is 2.48. The van der Waals surface area contributed by atoms with Gasteiger partial charge in [-0.05, 0) is 61.9 Å². The van der Waals surface area contributed by atoms with Gasteiger partial charge in [0, 0.05) is 46.5 Å². The lowest BCUT2D eigenvalue weighted by Gasteiger charge is -2.37. The van der Waals surface area contributed by atoms with E-state index in [4.69, 9.17) is 25.8 Å². The fraction of sp³-hybridized carbons (Fsp3) is 0.379. The van der Waals surface area contributed by atoms with E-state index in [0.29, 0.717) is 46.9 Å². The smallest absolute Gasteiger partial charge is 0.337 e. The maximum absolute atomic E-state index is 13.9. The Morgan fingerprint density at radius 3 is 2.51 bits per heavy atom. The number of halogens is 1. The topological polar surface area (TPSA) is 117 Å². The van der Waals surface area contributed by atoms with E-state index in [0.717, 1.165) is 5.56 Å². The Kier molecular flexibility index (Phi) is 8.30. The molecule has 3 unspecified atom stereocenters. The number of dihydropyridines is 1. The molecule has 0 aromatic heterocycles. The first-order valence-corrected chi connectivity index (χ1v) is 13.1. The van der Waals surface area contributed by atoms with E-state index in [1.165, 1.54) is 18.2 Å². The monoisotopic (exact) mass is 554 g/mol. The first kappa shape index (κ1) is 28.2. The summed E-state index contributed by atoms with van der Waals surface area (Å²) in [6.45, 7) is 5.41. The zero-order chi connectivity index (χ0) is 28.4. The number of Topliss-reactive ketones (excluding diaryl/α,β-unsaturated/α-hetero) is 1. The van der Waals surface area contributed by atoms with Crippen LogP contribution in [0.25, 0.3) is 0 Å². The SMILES string of the molecule is CCC(C)OC(=O)C1=C(C)NC2=C(C(=O)CC(c3ccc(OC)c(OC)c3)C2)C1c1cc([N+](=O)[O-])ccc1Cl. The summed E-state index contributed by atoms with van der Waals surface area (Å²) in [4.78, 5) is 38.4. The van der Waals surface area contributed by atoms with Crippen molar-refractivity contribution in [2.45, 2.75) is 58.0 Å². The van der Waals surface area contributed by atoms with Crippen molar-refractivity contribution in [3.8, 4) is 11.5 Å². The number of carbonyl (C=O) groups excluding carboxylic acids is 2. The highest BCUT2D eigenvalue weighted by atomic mass is 35.5. The molecule has 2 aromatic rings. The summed E-state index contributed by atoms with van der Waals surface area (Å²) >= 11 is 6.57. The molecular weight excluding hydrogens is 524 g/mol. The third-order valence-electron chi connectivity index (χ3n) is 7.31. The van der Waals surface area contributed by atoms with Gasteiger partial charge < -0.3 is 19.5 Å². The molecule has 39 heavy (non-hydrogen) atoms. The molecule has 0 spiro atoms. The number of esters is 1. The van der Waals surface area contributed by atoms with Crippen LogP contribution in [-0.2, 0) is 14.3 Å². The van der Waals surface area contributed by atoms with E-state index in [2.05, 4.69) is 5.32 Å². The molecule has 1 N–H and O–H groups in total. The highest BCUT2D eigenvalue weighted by Gasteiger charge is 2.43. The summed E-state index contributed by atoms with van der Waals surface area (Å²) in [5, 5.41) is 15.1. The van der Waals surface area contributed by atoms with Crippen LogP contribution in [0, 0.1) is 10.1 Å². The number of hydrogen-bond acceptors (Lipinski definition) is 8. The predicted octanol–water partition coefficient (Wildman–Crippen LogP) is 5.97. The van der Waals surface area contributed by atoms with Gasteiger partial charge in [0.2, 0.25) is 0 Å². The lowest BCUT2D eigenvalue weighted by molar-refractivity contribution is -0.384. The molecule has 0 fully saturated rings. The number of methoxy groups -OCH3 is 2. The van der Waals surface area contributed by atoms with Crippen molar-refractivity contribution < 1.29 is 28.7 Å². The van der Waals surface area contributed by atoms with Crippen molar-refractivity contribution in [1.82, 2.24) is 5.32 Å². The zero-order valence-corrected chi connectivity index (χ0v) is 23.3. The molecule has 206 valence electrons. The van der Waals surface area contributed by atoms with Crippen LogP contribution in [0.5, 0.6) is 11.5 Å². The standard InChI is InChI=1S/C29H31ClN2O7/c1-6-15(2)39-29(34)26-16(3)31-22-11-18(17-7-10-24(37-4)25(13-17)38-5)12-23(33)28(22)27(26)20-14-19(32(35)36)8-9-21(20)30/h7-10,13-15,18,27,31H,6,11-12H2,1-5H3. The second kappa shape index (κ2) is 11.5. The largest absolute Gasteiger partial charge is 0.493 e. The number of hydrogen-bond donors (Lipinski definition) is 1. The molecule has 1 aliphatic carbocycles. The molecule has 2 aliphatic rings. The van der Waals surface area contributed by atoms with E-state index in [1.54, 1.807) is 34.1 Å². The molecule has 0 radical (unpaired) electrons. The third kappa shape index (κ3) is 5.49. The molecule has 1 aliphatic heterocycles. The average molecular weight is 555 g/mol. The Bertz CT molecular complexity index is 1400. The van der Waals surface area contributed by atoms with Crippen LogP contribution in [0.1, 0.15) is 63.0 Å². The molecule has 0 saturated heterocycles. The van der Waals surface area contributed by atoms with Crippen molar-refractivity contribution in [3.05, 3.63) is 85.2 Å². The Balaban J connectivity index is 1.83. The lowest BCUT2D eigenvalue weighted by atomic mass is 9.71. The van der Waals surface area contributed by atoms with Gasteiger partial charge in [-0.1, -0.05) is 24.6 Å². The number of rotatable bonds is 8. The number of allylic oxidation sites excluding steroid dienone is 3. The zero-order valence-electron chi connectivity index (χ0n) is 22.5. The Hall–Kier alpha value is -3.85. The van der Waals surface area contributed by atoms with Gasteiger partial charge in [0.15, 0.2) is 17.3 Å². The van der Waals surface area contributed by atoms with Crippen LogP contribution in [0.4, 0.5) is 5.69 Å². The minimum absolute atomic E-state index is 0.161. The van der Waals surface area contributed by atoms with E-state index >= 15 is 0 Å². The van der Waals surface area contributed by atoms with Gasteiger partial charge in [0.1, 0.15) is 0 Å². The number of ketones is 1. The molecule has 0 saturated carbocycles. The summed E-state index contributed by atoms with van der Waals surface area (Å²) in [7, 11) is 3.11. The first-order valence-electron chi connectivity index (χ1n) is 12.7. The van der Waals surface area contributed by atoms with Gasteiger partial charge in [0.05, 0.1) is 30.8 Å². The number of nitrogens with one attached hydrogen (secondary N) is 1. The Labute approximate surface area is 231 Å². The fourth-order valence-electron chi connectivity index (χ4n) is 5.16. The van der Waals surface area contributed by atoms with E-state index in [1.807, 2.05) is 19.1 Å².